The first-order chi connectivity index (χ1) is 8.48. The van der Waals surface area contributed by atoms with Gasteiger partial charge in [-0.25, -0.2) is 8.42 Å². The summed E-state index contributed by atoms with van der Waals surface area (Å²) in [5.41, 5.74) is 6.42. The number of hydrogen-bond acceptors (Lipinski definition) is 5. The van der Waals surface area contributed by atoms with E-state index < -0.39 is 10.0 Å². The van der Waals surface area contributed by atoms with Crippen molar-refractivity contribution in [2.45, 2.75) is 6.42 Å². The van der Waals surface area contributed by atoms with E-state index in [1.165, 1.54) is 20.3 Å². The molecule has 0 aromatic heterocycles. The Morgan fingerprint density at radius 2 is 2.06 bits per heavy atom. The van der Waals surface area contributed by atoms with Crippen molar-refractivity contribution >= 4 is 21.4 Å². The zero-order valence-electron chi connectivity index (χ0n) is 10.5. The molecule has 1 rings (SSSR count). The lowest BCUT2D eigenvalue weighted by molar-refractivity contribution is 0.199. The highest BCUT2D eigenvalue weighted by atomic mass is 32.2. The molecule has 102 valence electrons. The Bertz CT molecular complexity index is 488. The van der Waals surface area contributed by atoms with E-state index >= 15 is 0 Å². The van der Waals surface area contributed by atoms with Gasteiger partial charge in [-0.15, -0.1) is 0 Å². The van der Waals surface area contributed by atoms with E-state index in [1.54, 1.807) is 12.1 Å². The van der Waals surface area contributed by atoms with Gasteiger partial charge in [-0.05, 0) is 24.6 Å². The molecule has 0 saturated carbocycles. The van der Waals surface area contributed by atoms with Crippen molar-refractivity contribution in [3.8, 4) is 5.75 Å². The van der Waals surface area contributed by atoms with Crippen LogP contribution in [0.4, 0.5) is 11.4 Å². The zero-order chi connectivity index (χ0) is 13.6. The van der Waals surface area contributed by atoms with Crippen molar-refractivity contribution in [1.82, 2.24) is 0 Å². The van der Waals surface area contributed by atoms with Crippen molar-refractivity contribution in [2.75, 3.05) is 37.0 Å². The molecule has 0 fully saturated rings. The molecule has 0 aliphatic rings. The quantitative estimate of drug-likeness (QED) is 0.573. The second kappa shape index (κ2) is 6.46. The lowest BCUT2D eigenvalue weighted by Crippen LogP contribution is -2.18. The van der Waals surface area contributed by atoms with E-state index in [9.17, 15) is 8.42 Å². The first-order valence-corrected chi connectivity index (χ1v) is 7.06. The second-order valence-corrected chi connectivity index (χ2v) is 5.57. The summed E-state index contributed by atoms with van der Waals surface area (Å²) in [4.78, 5) is 0. The van der Waals surface area contributed by atoms with Crippen LogP contribution in [0.15, 0.2) is 18.2 Å². The minimum absolute atomic E-state index is 0.0151. The molecule has 7 heteroatoms. The number of methoxy groups -OCH3 is 2. The minimum atomic E-state index is -3.42. The highest BCUT2D eigenvalue weighted by molar-refractivity contribution is 7.92. The van der Waals surface area contributed by atoms with Crippen LogP contribution in [0.1, 0.15) is 6.42 Å². The predicted octanol–water partition coefficient (Wildman–Crippen LogP) is 1.06. The molecular weight excluding hydrogens is 256 g/mol. The molecule has 1 aromatic carbocycles. The summed E-state index contributed by atoms with van der Waals surface area (Å²) in [6.07, 6.45) is 0.427. The van der Waals surface area contributed by atoms with Gasteiger partial charge in [0.05, 0.1) is 18.6 Å². The zero-order valence-corrected chi connectivity index (χ0v) is 11.3. The summed E-state index contributed by atoms with van der Waals surface area (Å²) in [7, 11) is -0.427. The molecule has 0 aliphatic heterocycles. The van der Waals surface area contributed by atoms with Crippen LogP contribution >= 0.6 is 0 Å². The fourth-order valence-electron chi connectivity index (χ4n) is 1.42. The van der Waals surface area contributed by atoms with Gasteiger partial charge in [0.25, 0.3) is 0 Å². The Hall–Kier alpha value is -1.47. The SMILES string of the molecule is COCCCS(=O)(=O)Nc1cc(N)ccc1OC. The minimum Gasteiger partial charge on any atom is -0.495 e. The first kappa shape index (κ1) is 14.6. The van der Waals surface area contributed by atoms with Gasteiger partial charge in [0.15, 0.2) is 0 Å². The van der Waals surface area contributed by atoms with Crippen LogP contribution < -0.4 is 15.2 Å². The Labute approximate surface area is 107 Å². The molecule has 0 aliphatic carbocycles. The highest BCUT2D eigenvalue weighted by Crippen LogP contribution is 2.27. The normalized spacial score (nSPS) is 11.2. The van der Waals surface area contributed by atoms with E-state index in [1.807, 2.05) is 0 Å². The average Bonchev–Trinajstić information content (AvgIpc) is 2.29. The van der Waals surface area contributed by atoms with Crippen LogP contribution in [0.3, 0.4) is 0 Å². The number of hydrogen-bond donors (Lipinski definition) is 2. The first-order valence-electron chi connectivity index (χ1n) is 5.41. The summed E-state index contributed by atoms with van der Waals surface area (Å²) in [6, 6.07) is 4.77. The Balaban J connectivity index is 2.79. The molecule has 0 bridgehead atoms. The number of rotatable bonds is 7. The molecule has 0 heterocycles. The average molecular weight is 274 g/mol. The maximum absolute atomic E-state index is 11.8. The number of nitrogen functional groups attached to an aromatic ring is 1. The second-order valence-electron chi connectivity index (χ2n) is 3.73. The van der Waals surface area contributed by atoms with Crippen molar-refractivity contribution in [3.63, 3.8) is 0 Å². The Morgan fingerprint density at radius 1 is 1.33 bits per heavy atom. The number of nitrogens with two attached hydrogens (primary N) is 1. The van der Waals surface area contributed by atoms with Crippen LogP contribution in [-0.4, -0.2) is 35.0 Å². The molecule has 0 spiro atoms. The van der Waals surface area contributed by atoms with E-state index in [4.69, 9.17) is 15.2 Å². The van der Waals surface area contributed by atoms with Gasteiger partial charge in [0.1, 0.15) is 5.75 Å². The molecule has 3 N–H and O–H groups in total. The number of sulfonamides is 1. The Kier molecular flexibility index (Phi) is 5.24. The lowest BCUT2D eigenvalue weighted by atomic mass is 10.2. The Morgan fingerprint density at radius 3 is 2.67 bits per heavy atom. The largest absolute Gasteiger partial charge is 0.495 e. The molecule has 0 unspecified atom stereocenters. The molecule has 0 radical (unpaired) electrons. The van der Waals surface area contributed by atoms with Crippen molar-refractivity contribution in [2.24, 2.45) is 0 Å². The molecule has 0 atom stereocenters. The van der Waals surface area contributed by atoms with Gasteiger partial charge < -0.3 is 15.2 Å². The van der Waals surface area contributed by atoms with E-state index in [0.29, 0.717) is 30.2 Å². The number of benzene rings is 1. The fraction of sp³-hybridized carbons (Fsp3) is 0.455. The number of anilines is 2. The topological polar surface area (TPSA) is 90.7 Å². The molecule has 0 saturated heterocycles. The van der Waals surface area contributed by atoms with Crippen LogP contribution in [0.25, 0.3) is 0 Å². The van der Waals surface area contributed by atoms with Gasteiger partial charge >= 0.3 is 0 Å². The molecular formula is C11H18N2O4S. The van der Waals surface area contributed by atoms with Gasteiger partial charge in [-0.2, -0.15) is 0 Å². The monoisotopic (exact) mass is 274 g/mol. The van der Waals surface area contributed by atoms with Crippen LogP contribution in [0.2, 0.25) is 0 Å². The van der Waals surface area contributed by atoms with Crippen LogP contribution in [0, 0.1) is 0 Å². The molecule has 0 amide bonds. The van der Waals surface area contributed by atoms with E-state index in [-0.39, 0.29) is 5.75 Å². The molecule has 18 heavy (non-hydrogen) atoms. The standard InChI is InChI=1S/C11H18N2O4S/c1-16-6-3-7-18(14,15)13-10-8-9(12)4-5-11(10)17-2/h4-5,8,13H,3,6-7,12H2,1-2H3. The fourth-order valence-corrected chi connectivity index (χ4v) is 2.51. The van der Waals surface area contributed by atoms with Gasteiger partial charge in [0, 0.05) is 19.4 Å². The van der Waals surface area contributed by atoms with Crippen LogP contribution in [-0.2, 0) is 14.8 Å². The molecule has 6 nitrogen and oxygen atoms in total. The van der Waals surface area contributed by atoms with Gasteiger partial charge in [-0.1, -0.05) is 0 Å². The maximum atomic E-state index is 11.8. The summed E-state index contributed by atoms with van der Waals surface area (Å²) in [5.74, 6) is 0.415. The third-order valence-corrected chi connectivity index (χ3v) is 3.61. The van der Waals surface area contributed by atoms with E-state index in [0.717, 1.165) is 0 Å². The lowest BCUT2D eigenvalue weighted by Gasteiger charge is -2.12. The predicted molar refractivity (Wildman–Crippen MR) is 71.3 cm³/mol. The summed E-state index contributed by atoms with van der Waals surface area (Å²) in [5, 5.41) is 0. The van der Waals surface area contributed by atoms with Crippen molar-refractivity contribution < 1.29 is 17.9 Å². The molecule has 1 aromatic rings. The van der Waals surface area contributed by atoms with Crippen molar-refractivity contribution in [1.29, 1.82) is 0 Å². The van der Waals surface area contributed by atoms with Crippen LogP contribution in [0.5, 0.6) is 5.75 Å². The summed E-state index contributed by atoms with van der Waals surface area (Å²) >= 11 is 0. The van der Waals surface area contributed by atoms with Crippen molar-refractivity contribution in [3.05, 3.63) is 18.2 Å². The third kappa shape index (κ3) is 4.42. The maximum Gasteiger partial charge on any atom is 0.232 e. The smallest absolute Gasteiger partial charge is 0.232 e. The number of ether oxygens (including phenoxy) is 2. The summed E-state index contributed by atoms with van der Waals surface area (Å²) in [6.45, 7) is 0.398. The highest BCUT2D eigenvalue weighted by Gasteiger charge is 2.13. The van der Waals surface area contributed by atoms with E-state index in [2.05, 4.69) is 4.72 Å². The van der Waals surface area contributed by atoms with Gasteiger partial charge in [-0.3, -0.25) is 4.72 Å². The third-order valence-electron chi connectivity index (χ3n) is 2.25. The number of nitrogens with one attached hydrogen (secondary N) is 1. The summed E-state index contributed by atoms with van der Waals surface area (Å²) < 4.78 is 35.9. The van der Waals surface area contributed by atoms with Gasteiger partial charge in [0.2, 0.25) is 10.0 Å².